The average Bonchev–Trinajstić information content (AvgIpc) is 2.31. The first-order chi connectivity index (χ1) is 8.49. The van der Waals surface area contributed by atoms with E-state index in [0.717, 1.165) is 19.6 Å². The fourth-order valence-electron chi connectivity index (χ4n) is 2.33. The molecule has 0 spiro atoms. The van der Waals surface area contributed by atoms with Gasteiger partial charge in [0.2, 0.25) is 0 Å². The molecule has 1 N–H and O–H groups in total. The van der Waals surface area contributed by atoms with Crippen molar-refractivity contribution in [2.45, 2.75) is 12.1 Å². The van der Waals surface area contributed by atoms with Gasteiger partial charge in [0, 0.05) is 30.2 Å². The van der Waals surface area contributed by atoms with Gasteiger partial charge in [-0.25, -0.2) is 4.39 Å². The molecule has 1 heterocycles. The minimum Gasteiger partial charge on any atom is -0.387 e. The Bertz CT molecular complexity index is 429. The van der Waals surface area contributed by atoms with Crippen LogP contribution in [0.25, 0.3) is 0 Å². The van der Waals surface area contributed by atoms with Crippen molar-refractivity contribution >= 4 is 11.6 Å². The summed E-state index contributed by atoms with van der Waals surface area (Å²) in [5.74, 6) is -0.448. The van der Waals surface area contributed by atoms with Crippen molar-refractivity contribution in [3.63, 3.8) is 0 Å². The van der Waals surface area contributed by atoms with E-state index in [9.17, 15) is 9.50 Å². The van der Waals surface area contributed by atoms with Gasteiger partial charge in [-0.1, -0.05) is 17.7 Å². The summed E-state index contributed by atoms with van der Waals surface area (Å²) in [6.45, 7) is 2.55. The van der Waals surface area contributed by atoms with Crippen LogP contribution >= 0.6 is 11.6 Å². The number of piperazine rings is 1. The first-order valence-corrected chi connectivity index (χ1v) is 6.38. The van der Waals surface area contributed by atoms with E-state index < -0.39 is 11.9 Å². The van der Waals surface area contributed by atoms with Gasteiger partial charge in [0.15, 0.2) is 0 Å². The monoisotopic (exact) mass is 272 g/mol. The van der Waals surface area contributed by atoms with E-state index in [1.807, 2.05) is 14.1 Å². The number of halogens is 2. The highest BCUT2D eigenvalue weighted by molar-refractivity contribution is 6.30. The molecule has 2 atom stereocenters. The maximum absolute atomic E-state index is 13.8. The lowest BCUT2D eigenvalue weighted by molar-refractivity contribution is 0.0122. The van der Waals surface area contributed by atoms with Crippen LogP contribution in [0, 0.1) is 5.82 Å². The van der Waals surface area contributed by atoms with Crippen molar-refractivity contribution in [2.75, 3.05) is 33.7 Å². The molecule has 3 nitrogen and oxygen atoms in total. The van der Waals surface area contributed by atoms with Gasteiger partial charge >= 0.3 is 0 Å². The predicted molar refractivity (Wildman–Crippen MR) is 70.3 cm³/mol. The minimum atomic E-state index is -0.838. The van der Waals surface area contributed by atoms with Crippen LogP contribution in [0.4, 0.5) is 4.39 Å². The Morgan fingerprint density at radius 2 is 2.11 bits per heavy atom. The summed E-state index contributed by atoms with van der Waals surface area (Å²) in [5, 5.41) is 10.7. The van der Waals surface area contributed by atoms with E-state index in [2.05, 4.69) is 9.80 Å². The van der Waals surface area contributed by atoms with Crippen LogP contribution < -0.4 is 0 Å². The van der Waals surface area contributed by atoms with Crippen LogP contribution in [-0.4, -0.2) is 54.7 Å². The largest absolute Gasteiger partial charge is 0.387 e. The fourth-order valence-corrected chi connectivity index (χ4v) is 2.49. The molecule has 0 aliphatic carbocycles. The van der Waals surface area contributed by atoms with Crippen molar-refractivity contribution in [3.05, 3.63) is 34.6 Å². The summed E-state index contributed by atoms with van der Waals surface area (Å²) in [5.41, 5.74) is 0.312. The number of hydrogen-bond donors (Lipinski definition) is 1. The summed E-state index contributed by atoms with van der Waals surface area (Å²) in [6, 6.07) is 4.31. The van der Waals surface area contributed by atoms with Crippen molar-refractivity contribution in [3.8, 4) is 0 Å². The molecule has 0 amide bonds. The number of aliphatic hydroxyl groups excluding tert-OH is 1. The van der Waals surface area contributed by atoms with Crippen LogP contribution in [0.3, 0.4) is 0 Å². The second kappa shape index (κ2) is 5.53. The lowest BCUT2D eigenvalue weighted by atomic mass is 9.99. The molecular weight excluding hydrogens is 255 g/mol. The minimum absolute atomic E-state index is 0.0978. The quantitative estimate of drug-likeness (QED) is 0.889. The van der Waals surface area contributed by atoms with Gasteiger partial charge in [0.05, 0.1) is 12.1 Å². The molecule has 1 fully saturated rings. The molecule has 0 aromatic heterocycles. The fraction of sp³-hybridized carbons (Fsp3) is 0.538. The van der Waals surface area contributed by atoms with Gasteiger partial charge in [0.25, 0.3) is 0 Å². The van der Waals surface area contributed by atoms with Crippen LogP contribution in [0.15, 0.2) is 18.2 Å². The second-order valence-corrected chi connectivity index (χ2v) is 5.36. The van der Waals surface area contributed by atoms with Crippen LogP contribution in [-0.2, 0) is 0 Å². The Kier molecular flexibility index (Phi) is 4.22. The highest BCUT2D eigenvalue weighted by atomic mass is 35.5. The second-order valence-electron chi connectivity index (χ2n) is 4.92. The molecule has 0 radical (unpaired) electrons. The van der Waals surface area contributed by atoms with Crippen molar-refractivity contribution < 1.29 is 9.50 Å². The topological polar surface area (TPSA) is 26.7 Å². The lowest BCUT2D eigenvalue weighted by Gasteiger charge is -2.40. The predicted octanol–water partition coefficient (Wildman–Crippen LogP) is 1.76. The molecule has 2 unspecified atom stereocenters. The molecule has 5 heteroatoms. The standard InChI is InChI=1S/C13H18ClFN2O/c1-16-5-6-17(2)12(8-16)13(18)10-4-3-9(14)7-11(10)15/h3-4,7,12-13,18H,5-6,8H2,1-2H3. The van der Waals surface area contributed by atoms with E-state index in [0.29, 0.717) is 10.6 Å². The van der Waals surface area contributed by atoms with Crippen LogP contribution in [0.2, 0.25) is 5.02 Å². The molecular formula is C13H18ClFN2O. The van der Waals surface area contributed by atoms with Crippen LogP contribution in [0.1, 0.15) is 11.7 Å². The van der Waals surface area contributed by atoms with Gasteiger partial charge in [0.1, 0.15) is 5.82 Å². The zero-order valence-electron chi connectivity index (χ0n) is 10.6. The van der Waals surface area contributed by atoms with Crippen LogP contribution in [0.5, 0.6) is 0 Å². The molecule has 100 valence electrons. The number of likely N-dealkylation sites (N-methyl/N-ethyl adjacent to an activating group) is 2. The van der Waals surface area contributed by atoms with E-state index in [1.165, 1.54) is 6.07 Å². The van der Waals surface area contributed by atoms with E-state index in [-0.39, 0.29) is 6.04 Å². The van der Waals surface area contributed by atoms with E-state index in [4.69, 9.17) is 11.6 Å². The van der Waals surface area contributed by atoms with E-state index in [1.54, 1.807) is 12.1 Å². The van der Waals surface area contributed by atoms with E-state index >= 15 is 0 Å². The Hall–Kier alpha value is -0.680. The maximum atomic E-state index is 13.8. The van der Waals surface area contributed by atoms with Gasteiger partial charge in [-0.2, -0.15) is 0 Å². The Morgan fingerprint density at radius 1 is 1.39 bits per heavy atom. The zero-order chi connectivity index (χ0) is 13.3. The van der Waals surface area contributed by atoms with Gasteiger partial charge in [-0.3, -0.25) is 4.90 Å². The van der Waals surface area contributed by atoms with Gasteiger partial charge < -0.3 is 10.0 Å². The number of aliphatic hydroxyl groups is 1. The lowest BCUT2D eigenvalue weighted by Crippen LogP contribution is -2.52. The summed E-state index contributed by atoms with van der Waals surface area (Å²) in [6.07, 6.45) is -0.838. The molecule has 1 aliphatic heterocycles. The third-order valence-corrected chi connectivity index (χ3v) is 3.78. The third-order valence-electron chi connectivity index (χ3n) is 3.54. The smallest absolute Gasteiger partial charge is 0.130 e. The SMILES string of the molecule is CN1CCN(C)C(C(O)c2ccc(Cl)cc2F)C1. The van der Waals surface area contributed by atoms with Gasteiger partial charge in [-0.15, -0.1) is 0 Å². The summed E-state index contributed by atoms with van der Waals surface area (Å²) in [7, 11) is 3.96. The summed E-state index contributed by atoms with van der Waals surface area (Å²) in [4.78, 5) is 4.21. The highest BCUT2D eigenvalue weighted by Gasteiger charge is 2.30. The number of nitrogens with zero attached hydrogens (tertiary/aromatic N) is 2. The zero-order valence-corrected chi connectivity index (χ0v) is 11.4. The Balaban J connectivity index is 2.21. The Labute approximate surface area is 112 Å². The molecule has 0 bridgehead atoms. The molecule has 1 saturated heterocycles. The van der Waals surface area contributed by atoms with Gasteiger partial charge in [-0.05, 0) is 26.2 Å². The molecule has 1 aromatic carbocycles. The molecule has 2 rings (SSSR count). The summed E-state index contributed by atoms with van der Waals surface area (Å²) >= 11 is 5.72. The number of hydrogen-bond acceptors (Lipinski definition) is 3. The summed E-state index contributed by atoms with van der Waals surface area (Å²) < 4.78 is 13.8. The van der Waals surface area contributed by atoms with Crippen molar-refractivity contribution in [1.82, 2.24) is 9.80 Å². The molecule has 1 aliphatic rings. The maximum Gasteiger partial charge on any atom is 0.130 e. The first kappa shape index (κ1) is 13.7. The molecule has 1 aromatic rings. The number of benzene rings is 1. The van der Waals surface area contributed by atoms with Crippen molar-refractivity contribution in [1.29, 1.82) is 0 Å². The normalized spacial score (nSPS) is 24.2. The Morgan fingerprint density at radius 3 is 2.78 bits per heavy atom. The third kappa shape index (κ3) is 2.83. The molecule has 18 heavy (non-hydrogen) atoms. The highest BCUT2D eigenvalue weighted by Crippen LogP contribution is 2.26. The first-order valence-electron chi connectivity index (χ1n) is 6.01. The number of rotatable bonds is 2. The average molecular weight is 273 g/mol. The molecule has 0 saturated carbocycles. The van der Waals surface area contributed by atoms with Crippen molar-refractivity contribution in [2.24, 2.45) is 0 Å².